The number of carbonyl (C=O) groups excluding carboxylic acids is 2. The molecule has 0 atom stereocenters. The summed E-state index contributed by atoms with van der Waals surface area (Å²) in [7, 11) is -3.66. The molecular formula is C26H32N4O4S. The number of nitrogens with one attached hydrogen (secondary N) is 2. The Morgan fingerprint density at radius 3 is 2.00 bits per heavy atom. The summed E-state index contributed by atoms with van der Waals surface area (Å²) in [5.41, 5.74) is 2.38. The van der Waals surface area contributed by atoms with Crippen molar-refractivity contribution in [3.63, 3.8) is 0 Å². The third-order valence-corrected chi connectivity index (χ3v) is 8.87. The highest BCUT2D eigenvalue weighted by atomic mass is 32.2. The van der Waals surface area contributed by atoms with Crippen LogP contribution in [0.25, 0.3) is 0 Å². The highest BCUT2D eigenvalue weighted by Crippen LogP contribution is 2.31. The van der Waals surface area contributed by atoms with E-state index in [4.69, 9.17) is 0 Å². The molecule has 1 aliphatic carbocycles. The largest absolute Gasteiger partial charge is 0.371 e. The second-order valence-electron chi connectivity index (χ2n) is 9.63. The van der Waals surface area contributed by atoms with Gasteiger partial charge in [0.15, 0.2) is 0 Å². The van der Waals surface area contributed by atoms with Crippen molar-refractivity contribution >= 4 is 38.9 Å². The van der Waals surface area contributed by atoms with Gasteiger partial charge in [0.05, 0.1) is 10.5 Å². The van der Waals surface area contributed by atoms with Gasteiger partial charge in [-0.1, -0.05) is 6.42 Å². The normalized spacial score (nSPS) is 18.9. The lowest BCUT2D eigenvalue weighted by molar-refractivity contribution is -0.117. The second kappa shape index (κ2) is 9.99. The molecule has 2 saturated heterocycles. The molecule has 3 fully saturated rings. The predicted molar refractivity (Wildman–Crippen MR) is 136 cm³/mol. The van der Waals surface area contributed by atoms with Crippen molar-refractivity contribution < 1.29 is 18.0 Å². The molecule has 2 aliphatic heterocycles. The molecular weight excluding hydrogens is 464 g/mol. The number of carbonyl (C=O) groups is 2. The Morgan fingerprint density at radius 2 is 1.37 bits per heavy atom. The van der Waals surface area contributed by atoms with Crippen LogP contribution in [0.1, 0.15) is 55.3 Å². The van der Waals surface area contributed by atoms with E-state index in [-0.39, 0.29) is 22.6 Å². The van der Waals surface area contributed by atoms with Crippen LogP contribution in [0.5, 0.6) is 0 Å². The van der Waals surface area contributed by atoms with Gasteiger partial charge in [0, 0.05) is 49.2 Å². The number of amides is 2. The zero-order chi connectivity index (χ0) is 24.4. The van der Waals surface area contributed by atoms with Gasteiger partial charge in [0.1, 0.15) is 0 Å². The predicted octanol–water partition coefficient (Wildman–Crippen LogP) is 4.06. The van der Waals surface area contributed by atoms with E-state index in [1.165, 1.54) is 10.4 Å². The highest BCUT2D eigenvalue weighted by Gasteiger charge is 2.30. The average molecular weight is 497 g/mol. The van der Waals surface area contributed by atoms with Crippen molar-refractivity contribution in [2.24, 2.45) is 5.92 Å². The molecule has 2 aromatic carbocycles. The topological polar surface area (TPSA) is 98.8 Å². The zero-order valence-corrected chi connectivity index (χ0v) is 20.6. The molecule has 5 rings (SSSR count). The number of hydrogen-bond acceptors (Lipinski definition) is 5. The second-order valence-corrected chi connectivity index (χ2v) is 11.6. The summed E-state index contributed by atoms with van der Waals surface area (Å²) in [6, 6.07) is 11.9. The minimum atomic E-state index is -3.66. The minimum absolute atomic E-state index is 0.0313. The molecule has 9 heteroatoms. The van der Waals surface area contributed by atoms with Crippen molar-refractivity contribution in [1.82, 2.24) is 4.31 Å². The molecule has 0 radical (unpaired) electrons. The summed E-state index contributed by atoms with van der Waals surface area (Å²) in [4.78, 5) is 27.7. The van der Waals surface area contributed by atoms with E-state index in [1.54, 1.807) is 36.4 Å². The van der Waals surface area contributed by atoms with Gasteiger partial charge >= 0.3 is 0 Å². The van der Waals surface area contributed by atoms with Crippen LogP contribution < -0.4 is 15.5 Å². The number of benzene rings is 2. The van der Waals surface area contributed by atoms with Gasteiger partial charge in [-0.05, 0) is 81.0 Å². The van der Waals surface area contributed by atoms with Gasteiger partial charge in [-0.2, -0.15) is 4.31 Å². The number of sulfonamides is 1. The van der Waals surface area contributed by atoms with Crippen LogP contribution >= 0.6 is 0 Å². The highest BCUT2D eigenvalue weighted by molar-refractivity contribution is 7.89. The number of nitrogens with zero attached hydrogens (tertiary/aromatic N) is 2. The Labute approximate surface area is 206 Å². The van der Waals surface area contributed by atoms with E-state index in [9.17, 15) is 18.0 Å². The molecule has 0 bridgehead atoms. The fourth-order valence-corrected chi connectivity index (χ4v) is 6.31. The molecule has 186 valence electrons. The van der Waals surface area contributed by atoms with Crippen LogP contribution in [0.15, 0.2) is 47.4 Å². The minimum Gasteiger partial charge on any atom is -0.371 e. The van der Waals surface area contributed by atoms with Gasteiger partial charge in [0.2, 0.25) is 15.9 Å². The average Bonchev–Trinajstić information content (AvgIpc) is 3.60. The quantitative estimate of drug-likeness (QED) is 0.602. The maximum atomic E-state index is 13.4. The fourth-order valence-electron chi connectivity index (χ4n) is 4.77. The van der Waals surface area contributed by atoms with E-state index in [0.29, 0.717) is 30.0 Å². The SMILES string of the molecule is O=C(Nc1ccc(NC(=O)C2CC2)cc1)c1cc(S(=O)(=O)N2CCCCC2)ccc1N1CCCC1. The summed E-state index contributed by atoms with van der Waals surface area (Å²) in [6.45, 7) is 2.71. The maximum absolute atomic E-state index is 13.4. The molecule has 3 aliphatic rings. The molecule has 2 heterocycles. The molecule has 8 nitrogen and oxygen atoms in total. The molecule has 2 amide bonds. The molecule has 2 N–H and O–H groups in total. The number of anilines is 3. The van der Waals surface area contributed by atoms with Crippen LogP contribution in [-0.2, 0) is 14.8 Å². The number of rotatable bonds is 7. The Balaban J connectivity index is 1.38. The number of hydrogen-bond donors (Lipinski definition) is 2. The van der Waals surface area contributed by atoms with Crippen LogP contribution in [-0.4, -0.2) is 50.7 Å². The molecule has 2 aromatic rings. The lowest BCUT2D eigenvalue weighted by atomic mass is 10.1. The van der Waals surface area contributed by atoms with Gasteiger partial charge in [-0.15, -0.1) is 0 Å². The van der Waals surface area contributed by atoms with E-state index >= 15 is 0 Å². The van der Waals surface area contributed by atoms with Gasteiger partial charge < -0.3 is 15.5 Å². The lowest BCUT2D eigenvalue weighted by Gasteiger charge is -2.27. The monoisotopic (exact) mass is 496 g/mol. The van der Waals surface area contributed by atoms with Crippen LogP contribution in [0.2, 0.25) is 0 Å². The van der Waals surface area contributed by atoms with E-state index in [1.807, 2.05) is 0 Å². The summed E-state index contributed by atoms with van der Waals surface area (Å²) in [5.74, 6) is -0.201. The summed E-state index contributed by atoms with van der Waals surface area (Å²) in [5, 5.41) is 5.80. The zero-order valence-electron chi connectivity index (χ0n) is 19.8. The summed E-state index contributed by atoms with van der Waals surface area (Å²) in [6.07, 6.45) is 6.71. The third-order valence-electron chi connectivity index (χ3n) is 6.97. The maximum Gasteiger partial charge on any atom is 0.257 e. The Morgan fingerprint density at radius 1 is 0.771 bits per heavy atom. The fraction of sp³-hybridized carbons (Fsp3) is 0.462. The Bertz CT molecular complexity index is 1200. The molecule has 0 spiro atoms. The van der Waals surface area contributed by atoms with Gasteiger partial charge in [0.25, 0.3) is 5.91 Å². The Kier molecular flexibility index (Phi) is 6.80. The van der Waals surface area contributed by atoms with Crippen molar-refractivity contribution in [3.05, 3.63) is 48.0 Å². The first-order valence-corrected chi connectivity index (χ1v) is 14.0. The van der Waals surface area contributed by atoms with Gasteiger partial charge in [-0.25, -0.2) is 8.42 Å². The van der Waals surface area contributed by atoms with Crippen LogP contribution in [0.4, 0.5) is 17.1 Å². The van der Waals surface area contributed by atoms with E-state index < -0.39 is 10.0 Å². The van der Waals surface area contributed by atoms with E-state index in [2.05, 4.69) is 15.5 Å². The smallest absolute Gasteiger partial charge is 0.257 e. The molecule has 0 unspecified atom stereocenters. The number of piperidine rings is 1. The van der Waals surface area contributed by atoms with Crippen LogP contribution in [0, 0.1) is 5.92 Å². The molecule has 1 saturated carbocycles. The van der Waals surface area contributed by atoms with Crippen LogP contribution in [0.3, 0.4) is 0 Å². The van der Waals surface area contributed by atoms with Crippen molar-refractivity contribution in [2.45, 2.75) is 49.8 Å². The van der Waals surface area contributed by atoms with Crippen molar-refractivity contribution in [1.29, 1.82) is 0 Å². The van der Waals surface area contributed by atoms with Crippen molar-refractivity contribution in [3.8, 4) is 0 Å². The first kappa shape index (κ1) is 23.8. The van der Waals surface area contributed by atoms with Crippen molar-refractivity contribution in [2.75, 3.05) is 41.7 Å². The standard InChI is InChI=1S/C26H32N4O4S/c31-25(19-6-7-19)27-20-8-10-21(11-9-20)28-26(32)23-18-22(12-13-24(23)29-14-4-5-15-29)35(33,34)30-16-2-1-3-17-30/h8-13,18-19H,1-7,14-17H2,(H,27,31)(H,28,32). The Hall–Kier alpha value is -2.91. The van der Waals surface area contributed by atoms with E-state index in [0.717, 1.165) is 63.7 Å². The first-order chi connectivity index (χ1) is 16.9. The molecule has 35 heavy (non-hydrogen) atoms. The van der Waals surface area contributed by atoms with Gasteiger partial charge in [-0.3, -0.25) is 9.59 Å². The summed E-state index contributed by atoms with van der Waals surface area (Å²) >= 11 is 0. The third kappa shape index (κ3) is 5.36. The molecule has 0 aromatic heterocycles. The lowest BCUT2D eigenvalue weighted by Crippen LogP contribution is -2.35. The summed E-state index contributed by atoms with van der Waals surface area (Å²) < 4.78 is 28.1. The first-order valence-electron chi connectivity index (χ1n) is 12.5.